The minimum Gasteiger partial charge on any atom is -0.496 e. The SMILES string of the molecule is CCC[C@@H](CCO)Nc1nc(N)nc2c3cc(F)ccc3n(Cc3cc(CNC4CCOC(C)(C)C4)ccc3OC)c12. The molecule has 0 amide bonds. The second kappa shape index (κ2) is 12.8. The minimum atomic E-state index is -0.348. The quantitative estimate of drug-likeness (QED) is 0.177. The van der Waals surface area contributed by atoms with Gasteiger partial charge in [0.05, 0.1) is 24.8 Å². The summed E-state index contributed by atoms with van der Waals surface area (Å²) in [5.41, 5.74) is 10.3. The average molecular weight is 579 g/mol. The lowest BCUT2D eigenvalue weighted by Gasteiger charge is -2.36. The zero-order valence-corrected chi connectivity index (χ0v) is 25.0. The van der Waals surface area contributed by atoms with E-state index in [1.54, 1.807) is 13.2 Å². The molecule has 0 bridgehead atoms. The number of halogens is 1. The number of aliphatic hydroxyl groups is 1. The molecule has 10 heteroatoms. The van der Waals surface area contributed by atoms with Crippen molar-refractivity contribution >= 4 is 33.7 Å². The van der Waals surface area contributed by atoms with Crippen LogP contribution in [0.2, 0.25) is 0 Å². The third-order valence-corrected chi connectivity index (χ3v) is 8.10. The van der Waals surface area contributed by atoms with Gasteiger partial charge in [-0.05, 0) is 75.4 Å². The largest absolute Gasteiger partial charge is 0.496 e. The number of nitrogens with zero attached hydrogens (tertiary/aromatic N) is 3. The normalized spacial score (nSPS) is 17.5. The number of fused-ring (bicyclic) bond motifs is 3. The lowest BCUT2D eigenvalue weighted by Crippen LogP contribution is -2.43. The summed E-state index contributed by atoms with van der Waals surface area (Å²) in [7, 11) is 1.67. The number of nitrogens with one attached hydrogen (secondary N) is 2. The van der Waals surface area contributed by atoms with Crippen LogP contribution in [0.25, 0.3) is 21.9 Å². The molecule has 9 nitrogen and oxygen atoms in total. The summed E-state index contributed by atoms with van der Waals surface area (Å²) >= 11 is 0. The highest BCUT2D eigenvalue weighted by Gasteiger charge is 2.28. The smallest absolute Gasteiger partial charge is 0.222 e. The molecule has 42 heavy (non-hydrogen) atoms. The van der Waals surface area contributed by atoms with Crippen LogP contribution in [0.4, 0.5) is 16.2 Å². The van der Waals surface area contributed by atoms with Gasteiger partial charge in [-0.25, -0.2) is 9.37 Å². The molecule has 2 atom stereocenters. The second-order valence-corrected chi connectivity index (χ2v) is 11.8. The molecule has 1 fully saturated rings. The molecule has 4 aromatic rings. The van der Waals surface area contributed by atoms with Gasteiger partial charge < -0.3 is 35.5 Å². The molecule has 1 unspecified atom stereocenters. The highest BCUT2D eigenvalue weighted by atomic mass is 19.1. The number of aromatic nitrogens is 3. The molecule has 226 valence electrons. The fourth-order valence-corrected chi connectivity index (χ4v) is 6.12. The van der Waals surface area contributed by atoms with Crippen LogP contribution >= 0.6 is 0 Å². The van der Waals surface area contributed by atoms with Gasteiger partial charge in [0.25, 0.3) is 0 Å². The van der Waals surface area contributed by atoms with E-state index in [9.17, 15) is 9.50 Å². The van der Waals surface area contributed by atoms with E-state index in [-0.39, 0.29) is 30.0 Å². The molecule has 3 heterocycles. The summed E-state index contributed by atoms with van der Waals surface area (Å²) in [5.74, 6) is 1.09. The summed E-state index contributed by atoms with van der Waals surface area (Å²) in [6.45, 7) is 8.37. The zero-order chi connectivity index (χ0) is 29.9. The van der Waals surface area contributed by atoms with E-state index in [4.69, 9.17) is 15.2 Å². The molecule has 2 aromatic carbocycles. The molecule has 0 saturated carbocycles. The average Bonchev–Trinajstić information content (AvgIpc) is 3.24. The van der Waals surface area contributed by atoms with Gasteiger partial charge >= 0.3 is 0 Å². The molecule has 2 aromatic heterocycles. The van der Waals surface area contributed by atoms with E-state index >= 15 is 0 Å². The fraction of sp³-hybridized carbons (Fsp3) is 0.500. The minimum absolute atomic E-state index is 0.000184. The van der Waals surface area contributed by atoms with Gasteiger partial charge in [0.1, 0.15) is 22.6 Å². The van der Waals surface area contributed by atoms with Crippen LogP contribution in [0.5, 0.6) is 5.75 Å². The number of ether oxygens (including phenoxy) is 2. The third-order valence-electron chi connectivity index (χ3n) is 8.10. The van der Waals surface area contributed by atoms with Gasteiger partial charge in [-0.3, -0.25) is 0 Å². The molecule has 5 N–H and O–H groups in total. The van der Waals surface area contributed by atoms with Crippen molar-refractivity contribution in [2.24, 2.45) is 0 Å². The number of aliphatic hydroxyl groups excluding tert-OH is 1. The number of methoxy groups -OCH3 is 1. The van der Waals surface area contributed by atoms with E-state index in [0.29, 0.717) is 35.7 Å². The first-order valence-corrected chi connectivity index (χ1v) is 14.9. The standard InChI is InChI=1S/C32H43FN6O3/c1-5-6-23(11-13-40)36-30-29-28(37-31(34)38-30)25-16-22(33)8-9-26(25)39(29)19-21-15-20(7-10-27(21)41-4)18-35-24-12-14-42-32(2,3)17-24/h7-10,15-16,23-24,35,40H,5-6,11-14,17-19H2,1-4H3,(H3,34,36,37,38)/t23-,24?/m0/s1. The van der Waals surface area contributed by atoms with Crippen LogP contribution in [0.1, 0.15) is 64.0 Å². The lowest BCUT2D eigenvalue weighted by atomic mass is 9.94. The number of nitrogens with two attached hydrogens (primary N) is 1. The number of hydrogen-bond donors (Lipinski definition) is 4. The van der Waals surface area contributed by atoms with Crippen LogP contribution < -0.4 is 21.1 Å². The number of rotatable bonds is 12. The molecule has 0 spiro atoms. The number of hydrogen-bond acceptors (Lipinski definition) is 8. The fourth-order valence-electron chi connectivity index (χ4n) is 6.12. The molecule has 5 rings (SSSR count). The Morgan fingerprint density at radius 1 is 1.21 bits per heavy atom. The van der Waals surface area contributed by atoms with Crippen molar-refractivity contribution in [2.75, 3.05) is 31.4 Å². The van der Waals surface area contributed by atoms with Crippen molar-refractivity contribution in [1.29, 1.82) is 0 Å². The summed E-state index contributed by atoms with van der Waals surface area (Å²) < 4.78 is 28.3. The Morgan fingerprint density at radius 2 is 2.05 bits per heavy atom. The zero-order valence-electron chi connectivity index (χ0n) is 25.0. The third kappa shape index (κ3) is 6.61. The van der Waals surface area contributed by atoms with Crippen molar-refractivity contribution in [2.45, 2.75) is 83.6 Å². The van der Waals surface area contributed by atoms with Crippen molar-refractivity contribution in [3.05, 3.63) is 53.3 Å². The van der Waals surface area contributed by atoms with E-state index in [2.05, 4.69) is 58.1 Å². The number of benzene rings is 2. The van der Waals surface area contributed by atoms with Crippen LogP contribution in [0, 0.1) is 5.82 Å². The number of anilines is 2. The maximum absolute atomic E-state index is 14.5. The molecule has 1 aliphatic heterocycles. The van der Waals surface area contributed by atoms with Gasteiger partial charge in [0.15, 0.2) is 5.82 Å². The molecular weight excluding hydrogens is 535 g/mol. The molecule has 0 aliphatic carbocycles. The van der Waals surface area contributed by atoms with Gasteiger partial charge in [-0.1, -0.05) is 19.4 Å². The van der Waals surface area contributed by atoms with E-state index < -0.39 is 0 Å². The van der Waals surface area contributed by atoms with Gasteiger partial charge in [0, 0.05) is 42.8 Å². The van der Waals surface area contributed by atoms with Crippen LogP contribution in [-0.2, 0) is 17.8 Å². The highest BCUT2D eigenvalue weighted by Crippen LogP contribution is 2.35. The first-order chi connectivity index (χ1) is 20.2. The first-order valence-electron chi connectivity index (χ1n) is 14.9. The first kappa shape index (κ1) is 30.0. The Labute approximate surface area is 246 Å². The Morgan fingerprint density at radius 3 is 2.79 bits per heavy atom. The van der Waals surface area contributed by atoms with E-state index in [0.717, 1.165) is 66.7 Å². The van der Waals surface area contributed by atoms with Gasteiger partial charge in [-0.15, -0.1) is 0 Å². The summed E-state index contributed by atoms with van der Waals surface area (Å²) in [5, 5.41) is 17.6. The summed E-state index contributed by atoms with van der Waals surface area (Å²) in [4.78, 5) is 9.14. The summed E-state index contributed by atoms with van der Waals surface area (Å²) in [6, 6.07) is 11.4. The van der Waals surface area contributed by atoms with Crippen LogP contribution in [0.15, 0.2) is 36.4 Å². The lowest BCUT2D eigenvalue weighted by molar-refractivity contribution is -0.0630. The maximum Gasteiger partial charge on any atom is 0.222 e. The summed E-state index contributed by atoms with van der Waals surface area (Å²) in [6.07, 6.45) is 4.31. The second-order valence-electron chi connectivity index (χ2n) is 11.8. The Kier molecular flexibility index (Phi) is 9.15. The van der Waals surface area contributed by atoms with Gasteiger partial charge in [-0.2, -0.15) is 4.98 Å². The van der Waals surface area contributed by atoms with Crippen LogP contribution in [0.3, 0.4) is 0 Å². The van der Waals surface area contributed by atoms with Crippen molar-refractivity contribution in [3.8, 4) is 5.75 Å². The number of nitrogen functional groups attached to an aromatic ring is 1. The molecule has 1 aliphatic rings. The van der Waals surface area contributed by atoms with Crippen molar-refractivity contribution in [3.63, 3.8) is 0 Å². The predicted molar refractivity (Wildman–Crippen MR) is 165 cm³/mol. The Bertz CT molecular complexity index is 1530. The molecule has 0 radical (unpaired) electrons. The highest BCUT2D eigenvalue weighted by molar-refractivity contribution is 6.09. The Hall–Kier alpha value is -3.47. The van der Waals surface area contributed by atoms with Crippen molar-refractivity contribution < 1.29 is 19.0 Å². The molecule has 1 saturated heterocycles. The monoisotopic (exact) mass is 578 g/mol. The van der Waals surface area contributed by atoms with E-state index in [1.165, 1.54) is 12.1 Å². The van der Waals surface area contributed by atoms with Crippen LogP contribution in [-0.4, -0.2) is 57.6 Å². The topological polar surface area (TPSA) is 119 Å². The van der Waals surface area contributed by atoms with E-state index in [1.807, 2.05) is 6.07 Å². The van der Waals surface area contributed by atoms with Crippen molar-refractivity contribution in [1.82, 2.24) is 19.9 Å². The maximum atomic E-state index is 14.5. The van der Waals surface area contributed by atoms with Gasteiger partial charge in [0.2, 0.25) is 5.95 Å². The Balaban J connectivity index is 1.55. The predicted octanol–water partition coefficient (Wildman–Crippen LogP) is 5.37. The molecular formula is C32H43FN6O3.